The Morgan fingerprint density at radius 1 is 0.548 bits per heavy atom. The number of rotatable bonds is 2. The Morgan fingerprint density at radius 3 is 1.45 bits per heavy atom. The minimum absolute atomic E-state index is 0.848. The summed E-state index contributed by atoms with van der Waals surface area (Å²) in [5.74, 6) is 1.70. The number of anilines is 4. The molecule has 2 heterocycles. The van der Waals surface area contributed by atoms with E-state index in [1.54, 1.807) is 0 Å². The molecule has 31 heavy (non-hydrogen) atoms. The second-order valence-corrected chi connectivity index (χ2v) is 10.4. The van der Waals surface area contributed by atoms with Gasteiger partial charge in [0.05, 0.1) is 11.4 Å². The first-order valence-corrected chi connectivity index (χ1v) is 12.2. The topological polar surface area (TPSA) is 24.9 Å². The van der Waals surface area contributed by atoms with Gasteiger partial charge in [-0.3, -0.25) is 9.13 Å². The van der Waals surface area contributed by atoms with Gasteiger partial charge < -0.3 is 8.85 Å². The SMILES string of the molecule is Cc1cccc(N2c3ccccc3O[Si]23Oc2ccccc2N3c2cccc(C)c2)c1. The molecule has 0 saturated carbocycles. The van der Waals surface area contributed by atoms with Crippen molar-refractivity contribution in [1.82, 2.24) is 0 Å². The van der Waals surface area contributed by atoms with Crippen molar-refractivity contribution < 1.29 is 8.85 Å². The van der Waals surface area contributed by atoms with Crippen LogP contribution in [0.1, 0.15) is 11.1 Å². The van der Waals surface area contributed by atoms with Gasteiger partial charge in [0, 0.05) is 11.4 Å². The average Bonchev–Trinajstić information content (AvgIpc) is 3.27. The van der Waals surface area contributed by atoms with E-state index in [0.29, 0.717) is 0 Å². The summed E-state index contributed by atoms with van der Waals surface area (Å²) in [5, 5.41) is 0. The van der Waals surface area contributed by atoms with Gasteiger partial charge in [-0.05, 0) is 73.5 Å². The Balaban J connectivity index is 1.63. The first-order chi connectivity index (χ1) is 15.2. The number of hydrogen-bond donors (Lipinski definition) is 0. The smallest absolute Gasteiger partial charge is 0.478 e. The van der Waals surface area contributed by atoms with Crippen LogP contribution < -0.4 is 18.0 Å². The Hall–Kier alpha value is -3.70. The lowest BCUT2D eigenvalue weighted by Crippen LogP contribution is -2.67. The lowest BCUT2D eigenvalue weighted by atomic mass is 10.2. The quantitative estimate of drug-likeness (QED) is 0.344. The zero-order valence-electron chi connectivity index (χ0n) is 17.4. The highest BCUT2D eigenvalue weighted by atomic mass is 28.4. The molecule has 0 unspecified atom stereocenters. The highest BCUT2D eigenvalue weighted by Gasteiger charge is 2.68. The molecule has 0 amide bonds. The molecule has 1 spiro atoms. The van der Waals surface area contributed by atoms with Gasteiger partial charge in [-0.15, -0.1) is 0 Å². The van der Waals surface area contributed by atoms with E-state index < -0.39 is 8.88 Å². The fraction of sp³-hybridized carbons (Fsp3) is 0.0769. The predicted octanol–water partition coefficient (Wildman–Crippen LogP) is 6.50. The molecule has 6 rings (SSSR count). The predicted molar refractivity (Wildman–Crippen MR) is 127 cm³/mol. The Labute approximate surface area is 183 Å². The molecule has 5 heteroatoms. The molecule has 0 saturated heterocycles. The van der Waals surface area contributed by atoms with Gasteiger partial charge in [-0.2, -0.15) is 0 Å². The van der Waals surface area contributed by atoms with Gasteiger partial charge in [-0.25, -0.2) is 0 Å². The summed E-state index contributed by atoms with van der Waals surface area (Å²) >= 11 is 0. The van der Waals surface area contributed by atoms with Gasteiger partial charge >= 0.3 is 8.88 Å². The molecule has 0 aromatic heterocycles. The molecule has 4 aromatic rings. The van der Waals surface area contributed by atoms with E-state index in [2.05, 4.69) is 95.8 Å². The van der Waals surface area contributed by atoms with Crippen molar-refractivity contribution in [3.05, 3.63) is 108 Å². The van der Waals surface area contributed by atoms with E-state index in [9.17, 15) is 0 Å². The molecular formula is C26H22N2O2Si. The van der Waals surface area contributed by atoms with Crippen molar-refractivity contribution in [2.75, 3.05) is 9.13 Å². The molecule has 0 atom stereocenters. The number of hydrogen-bond acceptors (Lipinski definition) is 4. The van der Waals surface area contributed by atoms with Crippen molar-refractivity contribution in [3.63, 3.8) is 0 Å². The molecule has 2 aliphatic heterocycles. The molecule has 4 aromatic carbocycles. The average molecular weight is 423 g/mol. The summed E-state index contributed by atoms with van der Waals surface area (Å²) < 4.78 is 18.2. The van der Waals surface area contributed by atoms with Gasteiger partial charge in [0.25, 0.3) is 0 Å². The van der Waals surface area contributed by atoms with Crippen LogP contribution in [0.25, 0.3) is 0 Å². The molecule has 0 aliphatic carbocycles. The zero-order chi connectivity index (χ0) is 21.0. The van der Waals surface area contributed by atoms with Crippen molar-refractivity contribution in [2.24, 2.45) is 0 Å². The Morgan fingerprint density at radius 2 is 1.00 bits per heavy atom. The van der Waals surface area contributed by atoms with Crippen molar-refractivity contribution in [2.45, 2.75) is 13.8 Å². The van der Waals surface area contributed by atoms with E-state index >= 15 is 0 Å². The number of benzene rings is 4. The minimum atomic E-state index is -3.20. The number of aryl methyl sites for hydroxylation is 2. The maximum Gasteiger partial charge on any atom is 0.733 e. The third-order valence-electron chi connectivity index (χ3n) is 5.78. The molecule has 2 aliphatic rings. The summed E-state index contributed by atoms with van der Waals surface area (Å²) in [4.78, 5) is 0. The van der Waals surface area contributed by atoms with Crippen LogP contribution in [-0.2, 0) is 0 Å². The van der Waals surface area contributed by atoms with Crippen LogP contribution >= 0.6 is 0 Å². The van der Waals surface area contributed by atoms with Gasteiger partial charge in [0.15, 0.2) is 0 Å². The van der Waals surface area contributed by atoms with Crippen molar-refractivity contribution >= 4 is 31.6 Å². The highest BCUT2D eigenvalue weighted by Crippen LogP contribution is 2.54. The van der Waals surface area contributed by atoms with Crippen LogP contribution in [0.3, 0.4) is 0 Å². The normalized spacial score (nSPS) is 15.4. The van der Waals surface area contributed by atoms with Crippen LogP contribution in [0, 0.1) is 13.8 Å². The fourth-order valence-corrected chi connectivity index (χ4v) is 7.92. The summed E-state index contributed by atoms with van der Waals surface area (Å²) in [5.41, 5.74) is 6.60. The van der Waals surface area contributed by atoms with Gasteiger partial charge in [0.1, 0.15) is 11.5 Å². The Kier molecular flexibility index (Phi) is 3.88. The van der Waals surface area contributed by atoms with E-state index in [4.69, 9.17) is 8.85 Å². The third kappa shape index (κ3) is 2.67. The molecule has 0 bridgehead atoms. The van der Waals surface area contributed by atoms with E-state index in [1.165, 1.54) is 11.1 Å². The number of fused-ring (bicyclic) bond motifs is 2. The highest BCUT2D eigenvalue weighted by molar-refractivity contribution is 6.81. The maximum atomic E-state index is 6.82. The van der Waals surface area contributed by atoms with Crippen LogP contribution in [0.2, 0.25) is 0 Å². The second kappa shape index (κ2) is 6.65. The zero-order valence-corrected chi connectivity index (χ0v) is 18.4. The molecule has 0 fully saturated rings. The standard InChI is InChI=1S/C26H22N2O2Si/c1-19-9-7-11-21(17-19)27-23-13-3-5-15-25(23)29-31(27)28(22-12-8-10-20(2)18-22)24-14-4-6-16-26(24)30-31/h3-18H,1-2H3. The fourth-order valence-electron chi connectivity index (χ4n) is 4.49. The summed E-state index contributed by atoms with van der Waals surface area (Å²) in [7, 11) is -3.20. The van der Waals surface area contributed by atoms with E-state index in [1.807, 2.05) is 24.3 Å². The molecule has 4 nitrogen and oxygen atoms in total. The monoisotopic (exact) mass is 422 g/mol. The van der Waals surface area contributed by atoms with Crippen LogP contribution in [0.15, 0.2) is 97.1 Å². The van der Waals surface area contributed by atoms with Crippen LogP contribution in [0.4, 0.5) is 22.7 Å². The minimum Gasteiger partial charge on any atom is -0.478 e. The number of nitrogens with zero attached hydrogens (tertiary/aromatic N) is 2. The molecule has 0 N–H and O–H groups in total. The lowest BCUT2D eigenvalue weighted by molar-refractivity contribution is 0.413. The molecule has 0 radical (unpaired) electrons. The summed E-state index contributed by atoms with van der Waals surface area (Å²) in [6, 6.07) is 33.5. The van der Waals surface area contributed by atoms with Crippen LogP contribution in [-0.4, -0.2) is 8.88 Å². The first-order valence-electron chi connectivity index (χ1n) is 10.5. The van der Waals surface area contributed by atoms with Gasteiger partial charge in [-0.1, -0.05) is 48.5 Å². The Bertz CT molecular complexity index is 1200. The van der Waals surface area contributed by atoms with Gasteiger partial charge in [0.2, 0.25) is 0 Å². The molecular weight excluding hydrogens is 400 g/mol. The van der Waals surface area contributed by atoms with Crippen molar-refractivity contribution in [1.29, 1.82) is 0 Å². The number of para-hydroxylation sites is 4. The largest absolute Gasteiger partial charge is 0.733 e. The maximum absolute atomic E-state index is 6.82. The van der Waals surface area contributed by atoms with Crippen molar-refractivity contribution in [3.8, 4) is 11.5 Å². The summed E-state index contributed by atoms with van der Waals surface area (Å²) in [6.07, 6.45) is 0. The summed E-state index contributed by atoms with van der Waals surface area (Å²) in [6.45, 7) is 4.23. The first kappa shape index (κ1) is 18.1. The third-order valence-corrected chi connectivity index (χ3v) is 8.88. The lowest BCUT2D eigenvalue weighted by Gasteiger charge is -2.35. The van der Waals surface area contributed by atoms with E-state index in [-0.39, 0.29) is 0 Å². The van der Waals surface area contributed by atoms with E-state index in [0.717, 1.165) is 34.2 Å². The second-order valence-electron chi connectivity index (χ2n) is 8.04. The molecule has 152 valence electrons. The van der Waals surface area contributed by atoms with Crippen LogP contribution in [0.5, 0.6) is 11.5 Å².